The van der Waals surface area contributed by atoms with E-state index in [0.29, 0.717) is 19.6 Å². The van der Waals surface area contributed by atoms with E-state index in [9.17, 15) is 5.11 Å². The number of nitrogens with zero attached hydrogens (tertiary/aromatic N) is 2. The van der Waals surface area contributed by atoms with E-state index in [2.05, 4.69) is 21.3 Å². The molecule has 0 aliphatic carbocycles. The Morgan fingerprint density at radius 3 is 2.65 bits per heavy atom. The number of aromatic nitrogens is 1. The van der Waals surface area contributed by atoms with Gasteiger partial charge in [-0.3, -0.25) is 0 Å². The predicted molar refractivity (Wildman–Crippen MR) is 102 cm³/mol. The Hall–Kier alpha value is -2.31. The van der Waals surface area contributed by atoms with E-state index in [0.717, 1.165) is 47.8 Å². The summed E-state index contributed by atoms with van der Waals surface area (Å²) in [6.07, 6.45) is 3.41. The van der Waals surface area contributed by atoms with Crippen molar-refractivity contribution in [3.05, 3.63) is 47.7 Å². The van der Waals surface area contributed by atoms with E-state index in [1.54, 1.807) is 14.2 Å². The number of pyridine rings is 1. The number of ether oxygens (including phenoxy) is 2. The lowest BCUT2D eigenvalue weighted by Gasteiger charge is -2.32. The number of piperidine rings is 1. The van der Waals surface area contributed by atoms with Crippen LogP contribution in [0.4, 0.5) is 5.82 Å². The van der Waals surface area contributed by atoms with Gasteiger partial charge in [0, 0.05) is 44.0 Å². The molecule has 2 heterocycles. The lowest BCUT2D eigenvalue weighted by Crippen LogP contribution is -2.39. The van der Waals surface area contributed by atoms with Crippen LogP contribution in [0.15, 0.2) is 36.5 Å². The van der Waals surface area contributed by atoms with Crippen LogP contribution in [0, 0.1) is 0 Å². The molecule has 0 saturated carbocycles. The molecule has 2 aromatic rings. The van der Waals surface area contributed by atoms with Crippen LogP contribution in [-0.2, 0) is 13.1 Å². The summed E-state index contributed by atoms with van der Waals surface area (Å²) < 4.78 is 10.6. The molecule has 140 valence electrons. The van der Waals surface area contributed by atoms with Gasteiger partial charge in [-0.1, -0.05) is 6.07 Å². The normalized spacial score (nSPS) is 17.2. The van der Waals surface area contributed by atoms with Crippen molar-refractivity contribution >= 4 is 5.82 Å². The molecule has 1 saturated heterocycles. The number of aliphatic hydroxyl groups excluding tert-OH is 1. The monoisotopic (exact) mass is 357 g/mol. The molecule has 0 amide bonds. The van der Waals surface area contributed by atoms with Crippen molar-refractivity contribution in [3.8, 4) is 11.5 Å². The molecular weight excluding hydrogens is 330 g/mol. The van der Waals surface area contributed by atoms with Gasteiger partial charge in [-0.15, -0.1) is 0 Å². The fourth-order valence-corrected chi connectivity index (χ4v) is 3.31. The van der Waals surface area contributed by atoms with Gasteiger partial charge in [0.05, 0.1) is 20.3 Å². The Kier molecular flexibility index (Phi) is 6.30. The fourth-order valence-electron chi connectivity index (χ4n) is 3.31. The summed E-state index contributed by atoms with van der Waals surface area (Å²) >= 11 is 0. The largest absolute Gasteiger partial charge is 0.497 e. The fraction of sp³-hybridized carbons (Fsp3) is 0.450. The van der Waals surface area contributed by atoms with Crippen LogP contribution in [0.2, 0.25) is 0 Å². The molecule has 1 fully saturated rings. The summed E-state index contributed by atoms with van der Waals surface area (Å²) in [6.45, 7) is 2.99. The van der Waals surface area contributed by atoms with Crippen molar-refractivity contribution in [3.63, 3.8) is 0 Å². The van der Waals surface area contributed by atoms with Crippen LogP contribution < -0.4 is 19.7 Å². The number of hydrogen-bond acceptors (Lipinski definition) is 6. The smallest absolute Gasteiger partial charge is 0.133 e. The van der Waals surface area contributed by atoms with Crippen LogP contribution >= 0.6 is 0 Å². The minimum absolute atomic E-state index is 0.268. The van der Waals surface area contributed by atoms with E-state index in [4.69, 9.17) is 9.47 Å². The highest BCUT2D eigenvalue weighted by atomic mass is 16.5. The topological polar surface area (TPSA) is 66.9 Å². The Morgan fingerprint density at radius 2 is 1.96 bits per heavy atom. The molecule has 0 radical (unpaired) electrons. The van der Waals surface area contributed by atoms with E-state index in [1.165, 1.54) is 0 Å². The minimum atomic E-state index is -0.268. The van der Waals surface area contributed by atoms with Crippen LogP contribution in [0.3, 0.4) is 0 Å². The van der Waals surface area contributed by atoms with Gasteiger partial charge >= 0.3 is 0 Å². The number of rotatable bonds is 7. The van der Waals surface area contributed by atoms with Crippen molar-refractivity contribution in [2.24, 2.45) is 0 Å². The number of anilines is 1. The second-order valence-corrected chi connectivity index (χ2v) is 6.55. The molecule has 26 heavy (non-hydrogen) atoms. The van der Waals surface area contributed by atoms with E-state index < -0.39 is 0 Å². The van der Waals surface area contributed by atoms with Gasteiger partial charge in [0.2, 0.25) is 0 Å². The third-order valence-electron chi connectivity index (χ3n) is 4.62. The molecule has 1 aliphatic rings. The van der Waals surface area contributed by atoms with Gasteiger partial charge in [-0.2, -0.15) is 0 Å². The van der Waals surface area contributed by atoms with Crippen LogP contribution in [0.1, 0.15) is 24.0 Å². The number of hydrogen-bond donors (Lipinski definition) is 2. The molecule has 0 unspecified atom stereocenters. The van der Waals surface area contributed by atoms with Gasteiger partial charge in [0.1, 0.15) is 17.3 Å². The number of benzene rings is 1. The Labute approximate surface area is 154 Å². The highest BCUT2D eigenvalue weighted by molar-refractivity contribution is 5.47. The van der Waals surface area contributed by atoms with Gasteiger partial charge in [0.25, 0.3) is 0 Å². The zero-order valence-corrected chi connectivity index (χ0v) is 15.4. The lowest BCUT2D eigenvalue weighted by molar-refractivity contribution is 0.154. The van der Waals surface area contributed by atoms with Gasteiger partial charge in [-0.05, 0) is 36.6 Å². The number of aliphatic hydroxyl groups is 1. The molecule has 6 nitrogen and oxygen atoms in total. The lowest BCUT2D eigenvalue weighted by atomic mass is 10.1. The minimum Gasteiger partial charge on any atom is -0.497 e. The van der Waals surface area contributed by atoms with E-state index >= 15 is 0 Å². The molecule has 3 rings (SSSR count). The first-order valence-electron chi connectivity index (χ1n) is 8.99. The predicted octanol–water partition coefficient (Wildman–Crippen LogP) is 2.35. The quantitative estimate of drug-likeness (QED) is 0.793. The maximum absolute atomic E-state index is 9.95. The third-order valence-corrected chi connectivity index (χ3v) is 4.62. The highest BCUT2D eigenvalue weighted by Gasteiger charge is 2.20. The second kappa shape index (κ2) is 8.87. The summed E-state index contributed by atoms with van der Waals surface area (Å²) in [7, 11) is 3.31. The van der Waals surface area contributed by atoms with Gasteiger partial charge in [-0.25, -0.2) is 4.98 Å². The van der Waals surface area contributed by atoms with Crippen molar-refractivity contribution < 1.29 is 14.6 Å². The Bertz CT molecular complexity index is 701. The SMILES string of the molecule is COc1cc(CNCc2cccnc2N2CCC[C@H](O)C2)cc(OC)c1. The third kappa shape index (κ3) is 4.65. The summed E-state index contributed by atoms with van der Waals surface area (Å²) in [4.78, 5) is 6.73. The average molecular weight is 357 g/mol. The molecule has 1 aromatic carbocycles. The first kappa shape index (κ1) is 18.5. The molecule has 1 atom stereocenters. The molecule has 0 spiro atoms. The van der Waals surface area contributed by atoms with Crippen molar-refractivity contribution in [2.75, 3.05) is 32.2 Å². The van der Waals surface area contributed by atoms with E-state index in [-0.39, 0.29) is 6.10 Å². The van der Waals surface area contributed by atoms with Gasteiger partial charge in [0.15, 0.2) is 0 Å². The standard InChI is InChI=1S/C20H27N3O3/c1-25-18-9-15(10-19(11-18)26-2)12-21-13-16-5-3-7-22-20(16)23-8-4-6-17(24)14-23/h3,5,7,9-11,17,21,24H,4,6,8,12-14H2,1-2H3/t17-/m0/s1. The van der Waals surface area contributed by atoms with Crippen LogP contribution in [0.25, 0.3) is 0 Å². The summed E-state index contributed by atoms with van der Waals surface area (Å²) in [5.41, 5.74) is 2.23. The van der Waals surface area contributed by atoms with Crippen molar-refractivity contribution in [1.82, 2.24) is 10.3 Å². The van der Waals surface area contributed by atoms with Crippen LogP contribution in [0.5, 0.6) is 11.5 Å². The highest BCUT2D eigenvalue weighted by Crippen LogP contribution is 2.24. The summed E-state index contributed by atoms with van der Waals surface area (Å²) in [5, 5.41) is 13.4. The maximum atomic E-state index is 9.95. The first-order chi connectivity index (χ1) is 12.7. The zero-order valence-electron chi connectivity index (χ0n) is 15.4. The van der Waals surface area contributed by atoms with E-state index in [1.807, 2.05) is 30.5 Å². The Morgan fingerprint density at radius 1 is 1.19 bits per heavy atom. The second-order valence-electron chi connectivity index (χ2n) is 6.55. The molecule has 2 N–H and O–H groups in total. The van der Waals surface area contributed by atoms with Crippen molar-refractivity contribution in [2.45, 2.75) is 32.0 Å². The molecule has 0 bridgehead atoms. The Balaban J connectivity index is 1.65. The van der Waals surface area contributed by atoms with Crippen LogP contribution in [-0.4, -0.2) is 43.5 Å². The average Bonchev–Trinajstić information content (AvgIpc) is 2.68. The van der Waals surface area contributed by atoms with Gasteiger partial charge < -0.3 is 24.8 Å². The van der Waals surface area contributed by atoms with Crippen molar-refractivity contribution in [1.29, 1.82) is 0 Å². The molecular formula is C20H27N3O3. The molecule has 1 aromatic heterocycles. The zero-order chi connectivity index (χ0) is 18.4. The maximum Gasteiger partial charge on any atom is 0.133 e. The number of nitrogens with one attached hydrogen (secondary N) is 1. The molecule has 1 aliphatic heterocycles. The first-order valence-corrected chi connectivity index (χ1v) is 8.99. The summed E-state index contributed by atoms with van der Waals surface area (Å²) in [6, 6.07) is 9.91. The number of methoxy groups -OCH3 is 2. The number of β-amino-alcohol motifs (C(OH)–C–C–N with tert-alkyl or cyclic N) is 1. The molecule has 6 heteroatoms. The summed E-state index contributed by atoms with van der Waals surface area (Å²) in [5.74, 6) is 2.53.